The molecule has 0 bridgehead atoms. The lowest BCUT2D eigenvalue weighted by Crippen LogP contribution is -2.40. The van der Waals surface area contributed by atoms with E-state index in [0.29, 0.717) is 62.4 Å². The van der Waals surface area contributed by atoms with Crippen LogP contribution >= 0.6 is 11.3 Å². The van der Waals surface area contributed by atoms with Crippen LogP contribution in [0, 0.1) is 6.92 Å². The van der Waals surface area contributed by atoms with Gasteiger partial charge in [0, 0.05) is 0 Å². The normalized spacial score (nSPS) is 14.5. The average Bonchev–Trinajstić information content (AvgIpc) is 3.34. The molecule has 0 amide bonds. The second-order valence-corrected chi connectivity index (χ2v) is 12.3. The van der Waals surface area contributed by atoms with E-state index in [4.69, 9.17) is 23.7 Å². The zero-order valence-electron chi connectivity index (χ0n) is 27.8. The largest absolute Gasteiger partial charge is 0.493 e. The highest BCUT2D eigenvalue weighted by molar-refractivity contribution is 7.07. The Hall–Kier alpha value is -4.83. The summed E-state index contributed by atoms with van der Waals surface area (Å²) in [5.41, 5.74) is 4.15. The van der Waals surface area contributed by atoms with Crippen LogP contribution in [-0.4, -0.2) is 37.0 Å². The molecule has 10 heteroatoms. The van der Waals surface area contributed by atoms with Crippen LogP contribution in [0.15, 0.2) is 81.7 Å². The number of aromatic nitrogens is 1. The van der Waals surface area contributed by atoms with E-state index in [0.717, 1.165) is 11.1 Å². The summed E-state index contributed by atoms with van der Waals surface area (Å²) < 4.78 is 31.0. The van der Waals surface area contributed by atoms with Gasteiger partial charge in [0.15, 0.2) is 27.8 Å². The van der Waals surface area contributed by atoms with E-state index in [2.05, 4.69) is 17.1 Å². The zero-order chi connectivity index (χ0) is 33.7. The molecule has 1 aliphatic heterocycles. The monoisotopic (exact) mass is 656 g/mol. The smallest absolute Gasteiger partial charge is 0.338 e. The molecule has 1 aromatic heterocycles. The molecule has 246 valence electrons. The predicted molar refractivity (Wildman–Crippen MR) is 182 cm³/mol. The molecule has 2 heterocycles. The van der Waals surface area contributed by atoms with Gasteiger partial charge in [-0.3, -0.25) is 9.36 Å². The van der Waals surface area contributed by atoms with Gasteiger partial charge in [-0.1, -0.05) is 53.3 Å². The van der Waals surface area contributed by atoms with Crippen LogP contribution in [0.2, 0.25) is 0 Å². The van der Waals surface area contributed by atoms with E-state index < -0.39 is 12.0 Å². The molecule has 9 nitrogen and oxygen atoms in total. The third-order valence-electron chi connectivity index (χ3n) is 7.46. The first kappa shape index (κ1) is 33.5. The van der Waals surface area contributed by atoms with Gasteiger partial charge in [-0.15, -0.1) is 0 Å². The topological polar surface area (TPSA) is 97.6 Å². The molecule has 0 N–H and O–H groups in total. The highest BCUT2D eigenvalue weighted by atomic mass is 32.1. The SMILES string of the molecule is CCOC(=O)C1=C(C)N=c2s/c(=C\c3ccc(OCc4ccc(C)cc4)c(OCC)c3)c(=O)n2[C@@H]1c1ccc(OC(C)C)c(OC)c1. The van der Waals surface area contributed by atoms with Gasteiger partial charge in [-0.05, 0) is 88.6 Å². The number of allylic oxidation sites excluding steroid dienone is 1. The van der Waals surface area contributed by atoms with Crippen molar-refractivity contribution >= 4 is 23.4 Å². The second-order valence-electron chi connectivity index (χ2n) is 11.3. The van der Waals surface area contributed by atoms with Crippen molar-refractivity contribution in [1.82, 2.24) is 4.57 Å². The Morgan fingerprint density at radius 2 is 1.68 bits per heavy atom. The molecule has 47 heavy (non-hydrogen) atoms. The van der Waals surface area contributed by atoms with Crippen molar-refractivity contribution < 1.29 is 28.5 Å². The van der Waals surface area contributed by atoms with Crippen LogP contribution < -0.4 is 33.8 Å². The maximum atomic E-state index is 14.2. The fourth-order valence-electron chi connectivity index (χ4n) is 5.31. The van der Waals surface area contributed by atoms with Crippen molar-refractivity contribution in [3.63, 3.8) is 0 Å². The molecule has 0 unspecified atom stereocenters. The Labute approximate surface area is 278 Å². The number of thiazole rings is 1. The molecule has 0 fully saturated rings. The first-order chi connectivity index (χ1) is 22.6. The number of carbonyl (C=O) groups is 1. The van der Waals surface area contributed by atoms with Crippen LogP contribution in [-0.2, 0) is 16.1 Å². The van der Waals surface area contributed by atoms with Crippen molar-refractivity contribution in [3.05, 3.63) is 114 Å². The number of aryl methyl sites for hydroxylation is 1. The van der Waals surface area contributed by atoms with E-state index in [1.165, 1.54) is 16.9 Å². The van der Waals surface area contributed by atoms with E-state index in [1.807, 2.05) is 64.1 Å². The Bertz CT molecular complexity index is 1970. The number of carbonyl (C=O) groups excluding carboxylic acids is 1. The predicted octanol–water partition coefficient (Wildman–Crippen LogP) is 5.88. The number of benzene rings is 3. The lowest BCUT2D eigenvalue weighted by atomic mass is 9.95. The van der Waals surface area contributed by atoms with Crippen LogP contribution in [0.1, 0.15) is 62.9 Å². The average molecular weight is 657 g/mol. The third kappa shape index (κ3) is 7.44. The first-order valence-corrected chi connectivity index (χ1v) is 16.4. The van der Waals surface area contributed by atoms with E-state index in [-0.39, 0.29) is 18.3 Å². The lowest BCUT2D eigenvalue weighted by Gasteiger charge is -2.25. The molecule has 1 atom stereocenters. The first-order valence-electron chi connectivity index (χ1n) is 15.6. The molecule has 0 radical (unpaired) electrons. The van der Waals surface area contributed by atoms with Gasteiger partial charge >= 0.3 is 5.97 Å². The van der Waals surface area contributed by atoms with Gasteiger partial charge in [0.25, 0.3) is 5.56 Å². The molecule has 4 aromatic rings. The molecule has 5 rings (SSSR count). The van der Waals surface area contributed by atoms with E-state index in [9.17, 15) is 9.59 Å². The summed E-state index contributed by atoms with van der Waals surface area (Å²) in [5, 5.41) is 0. The number of hydrogen-bond acceptors (Lipinski definition) is 9. The molecular formula is C37H40N2O7S. The zero-order valence-corrected chi connectivity index (χ0v) is 28.6. The number of ether oxygens (including phenoxy) is 5. The van der Waals surface area contributed by atoms with Crippen molar-refractivity contribution in [2.24, 2.45) is 4.99 Å². The van der Waals surface area contributed by atoms with Crippen LogP contribution in [0.4, 0.5) is 0 Å². The maximum Gasteiger partial charge on any atom is 0.338 e. The van der Waals surface area contributed by atoms with Gasteiger partial charge < -0.3 is 23.7 Å². The van der Waals surface area contributed by atoms with Crippen molar-refractivity contribution in [2.75, 3.05) is 20.3 Å². The highest BCUT2D eigenvalue weighted by Crippen LogP contribution is 2.36. The molecule has 0 saturated heterocycles. The van der Waals surface area contributed by atoms with Crippen molar-refractivity contribution in [1.29, 1.82) is 0 Å². The van der Waals surface area contributed by atoms with Crippen LogP contribution in [0.3, 0.4) is 0 Å². The number of nitrogens with zero attached hydrogens (tertiary/aromatic N) is 2. The van der Waals surface area contributed by atoms with Gasteiger partial charge in [-0.2, -0.15) is 0 Å². The molecule has 3 aromatic carbocycles. The summed E-state index contributed by atoms with van der Waals surface area (Å²) in [5.74, 6) is 1.71. The van der Waals surface area contributed by atoms with Crippen molar-refractivity contribution in [2.45, 2.75) is 60.3 Å². The van der Waals surface area contributed by atoms with Gasteiger partial charge in [0.2, 0.25) is 0 Å². The van der Waals surface area contributed by atoms with Gasteiger partial charge in [0.1, 0.15) is 6.61 Å². The third-order valence-corrected chi connectivity index (χ3v) is 8.45. The van der Waals surface area contributed by atoms with Gasteiger partial charge in [0.05, 0.1) is 48.3 Å². The molecule has 1 aliphatic rings. The molecule has 0 spiro atoms. The molecular weight excluding hydrogens is 616 g/mol. The maximum absolute atomic E-state index is 14.2. The lowest BCUT2D eigenvalue weighted by molar-refractivity contribution is -0.139. The number of fused-ring (bicyclic) bond motifs is 1. The summed E-state index contributed by atoms with van der Waals surface area (Å²) in [7, 11) is 1.56. The number of hydrogen-bond donors (Lipinski definition) is 0. The summed E-state index contributed by atoms with van der Waals surface area (Å²) in [6.07, 6.45) is 1.73. The highest BCUT2D eigenvalue weighted by Gasteiger charge is 2.34. The minimum atomic E-state index is -0.786. The quantitative estimate of drug-likeness (QED) is 0.176. The van der Waals surface area contributed by atoms with E-state index >= 15 is 0 Å². The minimum Gasteiger partial charge on any atom is -0.493 e. The molecule has 0 aliphatic carbocycles. The van der Waals surface area contributed by atoms with Crippen LogP contribution in [0.5, 0.6) is 23.0 Å². The summed E-state index contributed by atoms with van der Waals surface area (Å²) in [4.78, 5) is 32.6. The Morgan fingerprint density at radius 3 is 2.36 bits per heavy atom. The summed E-state index contributed by atoms with van der Waals surface area (Å²) >= 11 is 1.25. The number of esters is 1. The van der Waals surface area contributed by atoms with Gasteiger partial charge in [-0.25, -0.2) is 9.79 Å². The number of methoxy groups -OCH3 is 1. The standard InChI is InChI=1S/C37H40N2O7S/c1-8-43-31-18-26(14-16-28(31)45-21-25-12-10-23(5)11-13-25)19-32-35(40)39-34(27-15-17-29(46-22(3)4)30(20-27)42-7)33(36(41)44-9-2)24(6)38-37(39)47-32/h10-20,22,34H,8-9,21H2,1-7H3/b32-19-/t34-/m1/s1. The Morgan fingerprint density at radius 1 is 0.936 bits per heavy atom. The minimum absolute atomic E-state index is 0.0679. The second kappa shape index (κ2) is 14.7. The number of rotatable bonds is 12. The van der Waals surface area contributed by atoms with E-state index in [1.54, 1.807) is 43.7 Å². The van der Waals surface area contributed by atoms with Crippen molar-refractivity contribution in [3.8, 4) is 23.0 Å². The van der Waals surface area contributed by atoms with Crippen LogP contribution in [0.25, 0.3) is 6.08 Å². The summed E-state index contributed by atoms with van der Waals surface area (Å²) in [6.45, 7) is 12.4. The molecule has 0 saturated carbocycles. The Kier molecular flexibility index (Phi) is 10.5. The fraction of sp³-hybridized carbons (Fsp3) is 0.324. The summed E-state index contributed by atoms with van der Waals surface area (Å²) in [6, 6.07) is 18.4. The fourth-order valence-corrected chi connectivity index (χ4v) is 6.36. The Balaban J connectivity index is 1.57.